The molecule has 19 heavy (non-hydrogen) atoms. The van der Waals surface area contributed by atoms with Gasteiger partial charge >= 0.3 is 0 Å². The van der Waals surface area contributed by atoms with E-state index in [0.29, 0.717) is 5.02 Å². The van der Waals surface area contributed by atoms with Gasteiger partial charge in [-0.05, 0) is 17.7 Å². The minimum atomic E-state index is -3.33. The highest BCUT2D eigenvalue weighted by atomic mass is 35.5. The highest BCUT2D eigenvalue weighted by Crippen LogP contribution is 2.62. The van der Waals surface area contributed by atoms with Crippen molar-refractivity contribution >= 4 is 21.4 Å². The molecule has 0 heterocycles. The molecule has 1 aromatic rings. The van der Waals surface area contributed by atoms with Crippen LogP contribution in [0.1, 0.15) is 18.4 Å². The molecule has 1 aliphatic carbocycles. The number of aliphatic hydroxyl groups excluding tert-OH is 2. The van der Waals surface area contributed by atoms with Crippen LogP contribution < -0.4 is 0 Å². The Morgan fingerprint density at radius 2 is 1.95 bits per heavy atom. The van der Waals surface area contributed by atoms with E-state index in [9.17, 15) is 18.6 Å². The van der Waals surface area contributed by atoms with Gasteiger partial charge in [-0.2, -0.15) is 0 Å². The summed E-state index contributed by atoms with van der Waals surface area (Å²) in [6, 6.07) is 6.92. The molecule has 0 unspecified atom stereocenters. The molecule has 0 spiro atoms. The molecule has 2 N–H and O–H groups in total. The Morgan fingerprint density at radius 1 is 1.32 bits per heavy atom. The minimum Gasteiger partial charge on any atom is -0.396 e. The summed E-state index contributed by atoms with van der Waals surface area (Å²) in [5, 5.41) is 18.8. The van der Waals surface area contributed by atoms with E-state index < -0.39 is 26.4 Å². The van der Waals surface area contributed by atoms with Crippen LogP contribution in [0.4, 0.5) is 0 Å². The molecule has 1 saturated carbocycles. The van der Waals surface area contributed by atoms with Crippen molar-refractivity contribution < 1.29 is 18.6 Å². The highest BCUT2D eigenvalue weighted by molar-refractivity contribution is 7.92. The van der Waals surface area contributed by atoms with Gasteiger partial charge in [-0.3, -0.25) is 0 Å². The van der Waals surface area contributed by atoms with Crippen molar-refractivity contribution in [3.8, 4) is 0 Å². The fraction of sp³-hybridized carbons (Fsp3) is 0.538. The van der Waals surface area contributed by atoms with E-state index in [4.69, 9.17) is 11.6 Å². The monoisotopic (exact) mass is 304 g/mol. The van der Waals surface area contributed by atoms with Gasteiger partial charge in [-0.1, -0.05) is 30.7 Å². The Labute approximate surface area is 117 Å². The number of hydrogen-bond donors (Lipinski definition) is 2. The molecule has 0 aliphatic heterocycles. The molecule has 2 rings (SSSR count). The zero-order chi connectivity index (χ0) is 14.3. The third kappa shape index (κ3) is 2.29. The van der Waals surface area contributed by atoms with Crippen molar-refractivity contribution in [2.45, 2.75) is 18.1 Å². The van der Waals surface area contributed by atoms with Gasteiger partial charge in [0.1, 0.15) is 0 Å². The van der Waals surface area contributed by atoms with Crippen molar-refractivity contribution in [2.75, 3.05) is 19.0 Å². The van der Waals surface area contributed by atoms with E-state index in [1.165, 1.54) is 0 Å². The number of aliphatic hydroxyl groups is 2. The molecular formula is C13H17ClO4S. The summed E-state index contributed by atoms with van der Waals surface area (Å²) in [4.78, 5) is 0. The Balaban J connectivity index is 2.45. The van der Waals surface area contributed by atoms with Crippen LogP contribution in [0, 0.1) is 5.41 Å². The van der Waals surface area contributed by atoms with Crippen molar-refractivity contribution in [3.63, 3.8) is 0 Å². The lowest BCUT2D eigenvalue weighted by atomic mass is 10.0. The number of sulfone groups is 1. The van der Waals surface area contributed by atoms with Crippen LogP contribution in [0.3, 0.4) is 0 Å². The first kappa shape index (κ1) is 14.8. The van der Waals surface area contributed by atoms with Crippen molar-refractivity contribution in [1.82, 2.24) is 0 Å². The normalized spacial score (nSPS) is 25.3. The predicted molar refractivity (Wildman–Crippen MR) is 74.0 cm³/mol. The average molecular weight is 305 g/mol. The summed E-state index contributed by atoms with van der Waals surface area (Å²) in [6.45, 7) is 0.858. The summed E-state index contributed by atoms with van der Waals surface area (Å²) in [5.41, 5.74) is -0.239. The fourth-order valence-corrected chi connectivity index (χ4v) is 5.16. The SMILES string of the molecule is CCS(=O)(=O)[C@@H]1[C@H](c2cccc(Cl)c2)C1(CO)CO. The van der Waals surface area contributed by atoms with E-state index in [1.807, 2.05) is 0 Å². The van der Waals surface area contributed by atoms with Crippen LogP contribution in [0.15, 0.2) is 24.3 Å². The van der Waals surface area contributed by atoms with Crippen LogP contribution in [0.5, 0.6) is 0 Å². The molecule has 6 heteroatoms. The molecule has 0 radical (unpaired) electrons. The van der Waals surface area contributed by atoms with E-state index in [0.717, 1.165) is 5.56 Å². The number of halogens is 1. The van der Waals surface area contributed by atoms with Crippen molar-refractivity contribution in [1.29, 1.82) is 0 Å². The quantitative estimate of drug-likeness (QED) is 0.857. The van der Waals surface area contributed by atoms with Gasteiger partial charge in [0.2, 0.25) is 0 Å². The fourth-order valence-electron chi connectivity index (χ4n) is 2.83. The second kappa shape index (κ2) is 5.05. The Hall–Kier alpha value is -0.620. The molecule has 1 aromatic carbocycles. The predicted octanol–water partition coefficient (Wildman–Crippen LogP) is 1.21. The third-order valence-corrected chi connectivity index (χ3v) is 6.52. The molecule has 0 aromatic heterocycles. The summed E-state index contributed by atoms with van der Waals surface area (Å²) in [6.07, 6.45) is 0. The van der Waals surface area contributed by atoms with E-state index >= 15 is 0 Å². The maximum absolute atomic E-state index is 12.1. The molecule has 0 bridgehead atoms. The summed E-state index contributed by atoms with van der Waals surface area (Å²) < 4.78 is 24.2. The van der Waals surface area contributed by atoms with E-state index in [-0.39, 0.29) is 19.0 Å². The largest absolute Gasteiger partial charge is 0.396 e. The van der Waals surface area contributed by atoms with Crippen molar-refractivity contribution in [2.24, 2.45) is 5.41 Å². The van der Waals surface area contributed by atoms with Crippen molar-refractivity contribution in [3.05, 3.63) is 34.9 Å². The van der Waals surface area contributed by atoms with Crippen LogP contribution in [-0.4, -0.2) is 42.8 Å². The zero-order valence-corrected chi connectivity index (χ0v) is 12.2. The Morgan fingerprint density at radius 3 is 2.42 bits per heavy atom. The zero-order valence-electron chi connectivity index (χ0n) is 10.6. The first-order chi connectivity index (χ1) is 8.93. The van der Waals surface area contributed by atoms with Crippen LogP contribution in [0.2, 0.25) is 5.02 Å². The number of rotatable bonds is 5. The molecular weight excluding hydrogens is 288 g/mol. The van der Waals surface area contributed by atoms with Crippen LogP contribution >= 0.6 is 11.6 Å². The molecule has 0 amide bonds. The smallest absolute Gasteiger partial charge is 0.154 e. The number of hydrogen-bond acceptors (Lipinski definition) is 4. The number of benzene rings is 1. The summed E-state index contributed by atoms with van der Waals surface area (Å²) >= 11 is 5.92. The first-order valence-electron chi connectivity index (χ1n) is 6.11. The Bertz CT molecular complexity index is 566. The van der Waals surface area contributed by atoms with Gasteiger partial charge in [-0.15, -0.1) is 0 Å². The van der Waals surface area contributed by atoms with Gasteiger partial charge in [0, 0.05) is 22.1 Å². The maximum atomic E-state index is 12.1. The van der Waals surface area contributed by atoms with E-state index in [1.54, 1.807) is 31.2 Å². The lowest BCUT2D eigenvalue weighted by Gasteiger charge is -2.10. The molecule has 2 atom stereocenters. The topological polar surface area (TPSA) is 74.6 Å². The average Bonchev–Trinajstić information content (AvgIpc) is 3.09. The minimum absolute atomic E-state index is 0.00349. The van der Waals surface area contributed by atoms with Gasteiger partial charge in [0.15, 0.2) is 9.84 Å². The highest BCUT2D eigenvalue weighted by Gasteiger charge is 2.69. The van der Waals surface area contributed by atoms with Gasteiger partial charge in [0.05, 0.1) is 18.5 Å². The molecule has 1 fully saturated rings. The first-order valence-corrected chi connectivity index (χ1v) is 8.21. The maximum Gasteiger partial charge on any atom is 0.154 e. The molecule has 0 saturated heterocycles. The summed E-state index contributed by atoms with van der Waals surface area (Å²) in [7, 11) is -3.33. The molecule has 106 valence electrons. The van der Waals surface area contributed by atoms with E-state index in [2.05, 4.69) is 0 Å². The lowest BCUT2D eigenvalue weighted by Crippen LogP contribution is -2.23. The molecule has 4 nitrogen and oxygen atoms in total. The second-order valence-electron chi connectivity index (χ2n) is 4.95. The van der Waals surface area contributed by atoms with Gasteiger partial charge < -0.3 is 10.2 Å². The van der Waals surface area contributed by atoms with Crippen LogP contribution in [0.25, 0.3) is 0 Å². The van der Waals surface area contributed by atoms with Gasteiger partial charge in [0.25, 0.3) is 0 Å². The van der Waals surface area contributed by atoms with Crippen LogP contribution in [-0.2, 0) is 9.84 Å². The third-order valence-electron chi connectivity index (χ3n) is 3.97. The Kier molecular flexibility index (Phi) is 3.93. The summed E-state index contributed by atoms with van der Waals surface area (Å²) in [5.74, 6) is -0.401. The molecule has 1 aliphatic rings. The second-order valence-corrected chi connectivity index (χ2v) is 7.80. The van der Waals surface area contributed by atoms with Gasteiger partial charge in [-0.25, -0.2) is 8.42 Å². The standard InChI is InChI=1S/C13H17ClO4S/c1-2-19(17,18)12-11(13(12,7-15)8-16)9-4-3-5-10(14)6-9/h3-6,11-12,15-16H,2,7-8H2,1H3/t11-,12+/m0/s1. The lowest BCUT2D eigenvalue weighted by molar-refractivity contribution is 0.130.